The minimum atomic E-state index is -0.0295. The molecule has 0 radical (unpaired) electrons. The van der Waals surface area contributed by atoms with Crippen molar-refractivity contribution in [3.63, 3.8) is 0 Å². The minimum Gasteiger partial charge on any atom is -0.497 e. The summed E-state index contributed by atoms with van der Waals surface area (Å²) in [4.78, 5) is 15.1. The Bertz CT molecular complexity index is 814. The van der Waals surface area contributed by atoms with Crippen LogP contribution in [-0.4, -0.2) is 38.1 Å². The molecule has 29 heavy (non-hydrogen) atoms. The average Bonchev–Trinajstić information content (AvgIpc) is 2.74. The molecule has 1 aliphatic rings. The van der Waals surface area contributed by atoms with E-state index in [1.807, 2.05) is 24.3 Å². The number of piperidine rings is 1. The zero-order chi connectivity index (χ0) is 20.6. The van der Waals surface area contributed by atoms with Crippen LogP contribution in [0.25, 0.3) is 0 Å². The summed E-state index contributed by atoms with van der Waals surface area (Å²) < 4.78 is 10.6. The van der Waals surface area contributed by atoms with E-state index in [9.17, 15) is 4.79 Å². The van der Waals surface area contributed by atoms with Crippen molar-refractivity contribution in [1.82, 2.24) is 10.2 Å². The number of nitrogens with one attached hydrogen (secondary N) is 1. The molecule has 2 aromatic carbocycles. The summed E-state index contributed by atoms with van der Waals surface area (Å²) in [6.07, 6.45) is 2.79. The maximum atomic E-state index is 12.6. The first-order chi connectivity index (χ1) is 14.1. The minimum absolute atomic E-state index is 0.0295. The van der Waals surface area contributed by atoms with Gasteiger partial charge in [-0.2, -0.15) is 0 Å². The topological polar surface area (TPSA) is 50.8 Å². The van der Waals surface area contributed by atoms with Crippen LogP contribution in [0.1, 0.15) is 36.5 Å². The molecule has 2 aromatic rings. The first-order valence-corrected chi connectivity index (χ1v) is 10.4. The number of amides is 1. The fourth-order valence-electron chi connectivity index (χ4n) is 3.79. The molecule has 1 N–H and O–H groups in total. The number of hydrogen-bond donors (Lipinski definition) is 1. The molecule has 1 fully saturated rings. The van der Waals surface area contributed by atoms with Crippen LogP contribution in [0.4, 0.5) is 0 Å². The normalized spacial score (nSPS) is 15.1. The smallest absolute Gasteiger partial charge is 0.224 e. The summed E-state index contributed by atoms with van der Waals surface area (Å²) in [5, 5.41) is 3.07. The highest BCUT2D eigenvalue weighted by Gasteiger charge is 2.17. The van der Waals surface area contributed by atoms with Crippen LogP contribution >= 0.6 is 0 Å². The van der Waals surface area contributed by atoms with Gasteiger partial charge in [0.2, 0.25) is 5.91 Å². The molecule has 1 amide bonds. The molecule has 0 saturated carbocycles. The predicted octanol–water partition coefficient (Wildman–Crippen LogP) is 3.79. The number of hydrogen-bond acceptors (Lipinski definition) is 4. The number of ether oxygens (including phenoxy) is 2. The molecule has 0 aromatic heterocycles. The third kappa shape index (κ3) is 5.97. The second kappa shape index (κ2) is 10.3. The van der Waals surface area contributed by atoms with Gasteiger partial charge in [0.05, 0.1) is 20.6 Å². The van der Waals surface area contributed by atoms with E-state index < -0.39 is 0 Å². The summed E-state index contributed by atoms with van der Waals surface area (Å²) in [7, 11) is 3.23. The van der Waals surface area contributed by atoms with Gasteiger partial charge >= 0.3 is 0 Å². The quantitative estimate of drug-likeness (QED) is 0.738. The van der Waals surface area contributed by atoms with Gasteiger partial charge in [0, 0.05) is 18.7 Å². The Balaban J connectivity index is 1.59. The fourth-order valence-corrected chi connectivity index (χ4v) is 3.79. The Morgan fingerprint density at radius 1 is 1.03 bits per heavy atom. The number of benzene rings is 2. The van der Waals surface area contributed by atoms with Crippen LogP contribution in [-0.2, 0) is 24.3 Å². The highest BCUT2D eigenvalue weighted by atomic mass is 16.5. The maximum absolute atomic E-state index is 12.6. The SMILES string of the molecule is COc1ccc(OC)c(CC(=O)NCc2ccccc2CN2CCC(C)CC2)c1. The van der Waals surface area contributed by atoms with Crippen LogP contribution in [0.3, 0.4) is 0 Å². The van der Waals surface area contributed by atoms with Crippen molar-refractivity contribution in [3.05, 3.63) is 59.2 Å². The number of rotatable bonds is 8. The van der Waals surface area contributed by atoms with Gasteiger partial charge in [-0.3, -0.25) is 9.69 Å². The van der Waals surface area contributed by atoms with Crippen LogP contribution in [0.15, 0.2) is 42.5 Å². The van der Waals surface area contributed by atoms with Crippen LogP contribution < -0.4 is 14.8 Å². The van der Waals surface area contributed by atoms with Gasteiger partial charge < -0.3 is 14.8 Å². The van der Waals surface area contributed by atoms with E-state index in [2.05, 4.69) is 35.3 Å². The van der Waals surface area contributed by atoms with Crippen molar-refractivity contribution in [1.29, 1.82) is 0 Å². The van der Waals surface area contributed by atoms with E-state index in [1.54, 1.807) is 14.2 Å². The molecule has 156 valence electrons. The van der Waals surface area contributed by atoms with E-state index in [-0.39, 0.29) is 12.3 Å². The van der Waals surface area contributed by atoms with Crippen molar-refractivity contribution in [2.45, 2.75) is 39.3 Å². The second-order valence-electron chi connectivity index (χ2n) is 7.86. The van der Waals surface area contributed by atoms with Gasteiger partial charge in [-0.1, -0.05) is 31.2 Å². The van der Waals surface area contributed by atoms with Gasteiger partial charge in [0.15, 0.2) is 0 Å². The van der Waals surface area contributed by atoms with Gasteiger partial charge in [0.1, 0.15) is 11.5 Å². The van der Waals surface area contributed by atoms with Gasteiger partial charge in [-0.15, -0.1) is 0 Å². The lowest BCUT2D eigenvalue weighted by Gasteiger charge is -2.30. The van der Waals surface area contributed by atoms with Crippen molar-refractivity contribution in [2.24, 2.45) is 5.92 Å². The van der Waals surface area contributed by atoms with Gasteiger partial charge in [-0.05, 0) is 61.2 Å². The van der Waals surface area contributed by atoms with E-state index >= 15 is 0 Å². The maximum Gasteiger partial charge on any atom is 0.224 e. The highest BCUT2D eigenvalue weighted by molar-refractivity contribution is 5.79. The Labute approximate surface area is 174 Å². The summed E-state index contributed by atoms with van der Waals surface area (Å²) in [6, 6.07) is 13.9. The fraction of sp³-hybridized carbons (Fsp3) is 0.458. The molecule has 0 spiro atoms. The first kappa shape index (κ1) is 21.2. The van der Waals surface area contributed by atoms with E-state index in [4.69, 9.17) is 9.47 Å². The summed E-state index contributed by atoms with van der Waals surface area (Å²) in [6.45, 7) is 6.11. The molecule has 1 heterocycles. The van der Waals surface area contributed by atoms with E-state index in [0.29, 0.717) is 12.3 Å². The number of likely N-dealkylation sites (tertiary alicyclic amines) is 1. The monoisotopic (exact) mass is 396 g/mol. The van der Waals surface area contributed by atoms with E-state index in [0.717, 1.165) is 36.9 Å². The third-order valence-electron chi connectivity index (χ3n) is 5.70. The number of methoxy groups -OCH3 is 2. The molecule has 1 saturated heterocycles. The molecular weight excluding hydrogens is 364 g/mol. The molecule has 5 nitrogen and oxygen atoms in total. The van der Waals surface area contributed by atoms with Crippen molar-refractivity contribution >= 4 is 5.91 Å². The number of carbonyl (C=O) groups excluding carboxylic acids is 1. The lowest BCUT2D eigenvalue weighted by molar-refractivity contribution is -0.120. The second-order valence-corrected chi connectivity index (χ2v) is 7.86. The predicted molar refractivity (Wildman–Crippen MR) is 115 cm³/mol. The largest absolute Gasteiger partial charge is 0.497 e. The summed E-state index contributed by atoms with van der Waals surface area (Å²) in [5.41, 5.74) is 3.29. The molecular formula is C24H32N2O3. The number of nitrogens with zero attached hydrogens (tertiary/aromatic N) is 1. The zero-order valence-corrected chi connectivity index (χ0v) is 17.7. The molecule has 0 unspecified atom stereocenters. The van der Waals surface area contributed by atoms with Crippen molar-refractivity contribution in [2.75, 3.05) is 27.3 Å². The third-order valence-corrected chi connectivity index (χ3v) is 5.70. The van der Waals surface area contributed by atoms with Gasteiger partial charge in [-0.25, -0.2) is 0 Å². The Kier molecular flexibility index (Phi) is 7.53. The Morgan fingerprint density at radius 3 is 2.45 bits per heavy atom. The molecule has 1 aliphatic heterocycles. The average molecular weight is 397 g/mol. The number of carbonyl (C=O) groups is 1. The molecule has 0 bridgehead atoms. The van der Waals surface area contributed by atoms with E-state index in [1.165, 1.54) is 24.0 Å². The standard InChI is InChI=1S/C24H32N2O3/c1-18-10-12-26(13-11-18)17-20-7-5-4-6-19(20)16-25-24(27)15-21-14-22(28-2)8-9-23(21)29-3/h4-9,14,18H,10-13,15-17H2,1-3H3,(H,25,27). The van der Waals surface area contributed by atoms with Crippen LogP contribution in [0.2, 0.25) is 0 Å². The molecule has 0 atom stereocenters. The summed E-state index contributed by atoms with van der Waals surface area (Å²) in [5.74, 6) is 2.21. The lowest BCUT2D eigenvalue weighted by Crippen LogP contribution is -2.33. The zero-order valence-electron chi connectivity index (χ0n) is 17.7. The van der Waals surface area contributed by atoms with Gasteiger partial charge in [0.25, 0.3) is 0 Å². The molecule has 5 heteroatoms. The summed E-state index contributed by atoms with van der Waals surface area (Å²) >= 11 is 0. The molecule has 0 aliphatic carbocycles. The van der Waals surface area contributed by atoms with Crippen LogP contribution in [0.5, 0.6) is 11.5 Å². The Hall–Kier alpha value is -2.53. The van der Waals surface area contributed by atoms with Crippen molar-refractivity contribution < 1.29 is 14.3 Å². The lowest BCUT2D eigenvalue weighted by atomic mass is 9.98. The molecule has 3 rings (SSSR count). The highest BCUT2D eigenvalue weighted by Crippen LogP contribution is 2.24. The van der Waals surface area contributed by atoms with Crippen LogP contribution in [0, 0.1) is 5.92 Å². The first-order valence-electron chi connectivity index (χ1n) is 10.4. The Morgan fingerprint density at radius 2 is 1.76 bits per heavy atom. The van der Waals surface area contributed by atoms with Crippen molar-refractivity contribution in [3.8, 4) is 11.5 Å².